The normalized spacial score (nSPS) is 23.2. The van der Waals surface area contributed by atoms with Gasteiger partial charge in [-0.25, -0.2) is 4.79 Å². The first-order valence-corrected chi connectivity index (χ1v) is 7.33. The molecule has 3 nitrogen and oxygen atoms in total. The van der Waals surface area contributed by atoms with E-state index in [4.69, 9.17) is 16.7 Å². The van der Waals surface area contributed by atoms with Crippen LogP contribution in [0.15, 0.2) is 24.3 Å². The minimum atomic E-state index is -0.962. The van der Waals surface area contributed by atoms with E-state index in [2.05, 4.69) is 18.7 Å². The van der Waals surface area contributed by atoms with E-state index in [1.165, 1.54) is 0 Å². The fraction of sp³-hybridized carbons (Fsp3) is 0.438. The lowest BCUT2D eigenvalue weighted by atomic mass is 9.92. The Morgan fingerprint density at radius 1 is 1.45 bits per heavy atom. The molecular formula is C16H20ClNO2. The van der Waals surface area contributed by atoms with Crippen molar-refractivity contribution in [3.63, 3.8) is 0 Å². The molecule has 0 saturated carbocycles. The molecule has 2 unspecified atom stereocenters. The van der Waals surface area contributed by atoms with Crippen molar-refractivity contribution >= 4 is 29.3 Å². The Morgan fingerprint density at radius 3 is 2.85 bits per heavy atom. The molecule has 1 aliphatic rings. The number of hydrogen-bond donors (Lipinski definition) is 1. The Balaban J connectivity index is 2.36. The monoisotopic (exact) mass is 293 g/mol. The molecule has 0 amide bonds. The smallest absolute Gasteiger partial charge is 0.328 e. The molecule has 0 aliphatic carbocycles. The molecule has 1 fully saturated rings. The molecule has 0 aromatic heterocycles. The summed E-state index contributed by atoms with van der Waals surface area (Å²) < 4.78 is 0. The van der Waals surface area contributed by atoms with Gasteiger partial charge in [-0.2, -0.15) is 0 Å². The maximum atomic E-state index is 10.7. The number of carboxylic acid groups (broad SMARTS) is 1. The lowest BCUT2D eigenvalue weighted by molar-refractivity contribution is -0.131. The van der Waals surface area contributed by atoms with Gasteiger partial charge in [0, 0.05) is 34.9 Å². The zero-order chi connectivity index (χ0) is 14.7. The summed E-state index contributed by atoms with van der Waals surface area (Å²) >= 11 is 6.24. The van der Waals surface area contributed by atoms with Crippen LogP contribution in [0.3, 0.4) is 0 Å². The van der Waals surface area contributed by atoms with Crippen LogP contribution < -0.4 is 4.90 Å². The topological polar surface area (TPSA) is 40.5 Å². The maximum absolute atomic E-state index is 10.7. The van der Waals surface area contributed by atoms with Crippen LogP contribution in [-0.4, -0.2) is 23.7 Å². The first-order valence-electron chi connectivity index (χ1n) is 6.95. The Bertz CT molecular complexity index is 527. The van der Waals surface area contributed by atoms with Gasteiger partial charge in [-0.05, 0) is 43.9 Å². The molecule has 0 radical (unpaired) electrons. The second-order valence-corrected chi connectivity index (χ2v) is 5.92. The quantitative estimate of drug-likeness (QED) is 0.854. The maximum Gasteiger partial charge on any atom is 0.328 e. The van der Waals surface area contributed by atoms with Gasteiger partial charge in [-0.3, -0.25) is 0 Å². The molecule has 1 heterocycles. The van der Waals surface area contributed by atoms with Gasteiger partial charge in [0.15, 0.2) is 0 Å². The van der Waals surface area contributed by atoms with Crippen LogP contribution in [0.25, 0.3) is 6.08 Å². The Labute approximate surface area is 124 Å². The van der Waals surface area contributed by atoms with E-state index in [-0.39, 0.29) is 0 Å². The summed E-state index contributed by atoms with van der Waals surface area (Å²) in [5.74, 6) is -0.227. The summed E-state index contributed by atoms with van der Waals surface area (Å²) in [7, 11) is 0. The van der Waals surface area contributed by atoms with E-state index in [0.717, 1.165) is 42.6 Å². The first-order chi connectivity index (χ1) is 9.49. The van der Waals surface area contributed by atoms with Gasteiger partial charge in [-0.1, -0.05) is 24.6 Å². The predicted molar refractivity (Wildman–Crippen MR) is 83.3 cm³/mol. The summed E-state index contributed by atoms with van der Waals surface area (Å²) in [5.41, 5.74) is 1.81. The van der Waals surface area contributed by atoms with E-state index >= 15 is 0 Å². The number of rotatable bonds is 3. The standard InChI is InChI=1S/C16H20ClNO2/c1-11-8-9-18(12(2)10-11)15-5-3-4-14(17)13(15)6-7-16(19)20/h3-7,11-12H,8-10H2,1-2H3,(H,19,20). The lowest BCUT2D eigenvalue weighted by Crippen LogP contribution is -2.40. The summed E-state index contributed by atoms with van der Waals surface area (Å²) in [4.78, 5) is 13.1. The first kappa shape index (κ1) is 14.9. The molecule has 1 aromatic carbocycles. The van der Waals surface area contributed by atoms with Gasteiger partial charge >= 0.3 is 5.97 Å². The highest BCUT2D eigenvalue weighted by atomic mass is 35.5. The number of carbonyl (C=O) groups is 1. The van der Waals surface area contributed by atoms with Gasteiger partial charge in [-0.15, -0.1) is 0 Å². The highest BCUT2D eigenvalue weighted by Gasteiger charge is 2.24. The van der Waals surface area contributed by atoms with Crippen molar-refractivity contribution in [3.05, 3.63) is 34.9 Å². The van der Waals surface area contributed by atoms with Gasteiger partial charge < -0.3 is 10.0 Å². The van der Waals surface area contributed by atoms with Crippen molar-refractivity contribution < 1.29 is 9.90 Å². The Kier molecular flexibility index (Phi) is 4.71. The molecule has 1 N–H and O–H groups in total. The molecule has 0 spiro atoms. The highest BCUT2D eigenvalue weighted by molar-refractivity contribution is 6.32. The van der Waals surface area contributed by atoms with Crippen LogP contribution in [0.1, 0.15) is 32.3 Å². The number of hydrogen-bond acceptors (Lipinski definition) is 2. The van der Waals surface area contributed by atoms with E-state index in [0.29, 0.717) is 11.1 Å². The third-order valence-electron chi connectivity index (χ3n) is 3.87. The largest absolute Gasteiger partial charge is 0.478 e. The number of piperidine rings is 1. The number of aliphatic carboxylic acids is 1. The zero-order valence-corrected chi connectivity index (χ0v) is 12.6. The summed E-state index contributed by atoms with van der Waals surface area (Å²) in [6.45, 7) is 5.47. The lowest BCUT2D eigenvalue weighted by Gasteiger charge is -2.39. The highest BCUT2D eigenvalue weighted by Crippen LogP contribution is 2.34. The van der Waals surface area contributed by atoms with Gasteiger partial charge in [0.25, 0.3) is 0 Å². The van der Waals surface area contributed by atoms with Crippen molar-refractivity contribution in [1.29, 1.82) is 0 Å². The third kappa shape index (κ3) is 3.34. The van der Waals surface area contributed by atoms with Gasteiger partial charge in [0.1, 0.15) is 0 Å². The summed E-state index contributed by atoms with van der Waals surface area (Å²) in [5, 5.41) is 9.40. The van der Waals surface area contributed by atoms with Crippen LogP contribution in [0.2, 0.25) is 5.02 Å². The second-order valence-electron chi connectivity index (χ2n) is 5.52. The van der Waals surface area contributed by atoms with Gasteiger partial charge in [0.2, 0.25) is 0 Å². The fourth-order valence-corrected chi connectivity index (χ4v) is 3.09. The molecule has 20 heavy (non-hydrogen) atoms. The molecule has 1 saturated heterocycles. The van der Waals surface area contributed by atoms with Crippen molar-refractivity contribution in [3.8, 4) is 0 Å². The average molecular weight is 294 g/mol. The van der Waals surface area contributed by atoms with Crippen molar-refractivity contribution in [2.75, 3.05) is 11.4 Å². The average Bonchev–Trinajstić information content (AvgIpc) is 2.37. The van der Waals surface area contributed by atoms with Crippen LogP contribution in [0, 0.1) is 5.92 Å². The van der Waals surface area contributed by atoms with Crippen molar-refractivity contribution in [2.45, 2.75) is 32.7 Å². The van der Waals surface area contributed by atoms with Crippen molar-refractivity contribution in [1.82, 2.24) is 0 Å². The number of nitrogens with zero attached hydrogens (tertiary/aromatic N) is 1. The van der Waals surface area contributed by atoms with E-state index in [1.807, 2.05) is 12.1 Å². The van der Waals surface area contributed by atoms with E-state index < -0.39 is 5.97 Å². The molecule has 108 valence electrons. The molecule has 2 rings (SSSR count). The van der Waals surface area contributed by atoms with Crippen LogP contribution >= 0.6 is 11.6 Å². The van der Waals surface area contributed by atoms with Crippen molar-refractivity contribution in [2.24, 2.45) is 5.92 Å². The summed E-state index contributed by atoms with van der Waals surface area (Å²) in [6.07, 6.45) is 5.03. The molecule has 1 aliphatic heterocycles. The molecule has 1 aromatic rings. The molecular weight excluding hydrogens is 274 g/mol. The fourth-order valence-electron chi connectivity index (χ4n) is 2.86. The zero-order valence-electron chi connectivity index (χ0n) is 11.8. The minimum absolute atomic E-state index is 0.439. The van der Waals surface area contributed by atoms with Crippen LogP contribution in [0.4, 0.5) is 5.69 Å². The minimum Gasteiger partial charge on any atom is -0.478 e. The Morgan fingerprint density at radius 2 is 2.20 bits per heavy atom. The number of halogens is 1. The molecule has 0 bridgehead atoms. The number of anilines is 1. The van der Waals surface area contributed by atoms with Crippen LogP contribution in [0.5, 0.6) is 0 Å². The second kappa shape index (κ2) is 6.31. The summed E-state index contributed by atoms with van der Waals surface area (Å²) in [6, 6.07) is 6.17. The Hall–Kier alpha value is -1.48. The third-order valence-corrected chi connectivity index (χ3v) is 4.20. The van der Waals surface area contributed by atoms with Gasteiger partial charge in [0.05, 0.1) is 0 Å². The van der Waals surface area contributed by atoms with E-state index in [1.54, 1.807) is 12.1 Å². The SMILES string of the molecule is CC1CCN(c2cccc(Cl)c2C=CC(=O)O)C(C)C1. The predicted octanol–water partition coefficient (Wildman–Crippen LogP) is 4.06. The van der Waals surface area contributed by atoms with Crippen LogP contribution in [-0.2, 0) is 4.79 Å². The number of carboxylic acids is 1. The molecule has 4 heteroatoms. The molecule has 2 atom stereocenters. The number of benzene rings is 1. The van der Waals surface area contributed by atoms with E-state index in [9.17, 15) is 4.79 Å².